The van der Waals surface area contributed by atoms with Crippen molar-refractivity contribution in [2.45, 2.75) is 25.8 Å². The van der Waals surface area contributed by atoms with Gasteiger partial charge in [0.2, 0.25) is 0 Å². The van der Waals surface area contributed by atoms with Gasteiger partial charge in [0.25, 0.3) is 5.91 Å². The average Bonchev–Trinajstić information content (AvgIpc) is 3.30. The Morgan fingerprint density at radius 3 is 2.47 bits per heavy atom. The van der Waals surface area contributed by atoms with Crippen LogP contribution in [0, 0.1) is 5.92 Å². The summed E-state index contributed by atoms with van der Waals surface area (Å²) in [6.07, 6.45) is 5.35. The number of likely N-dealkylation sites (tertiary alicyclic amines) is 1. The Bertz CT molecular complexity index is 944. The minimum Gasteiger partial charge on any atom is -0.299 e. The van der Waals surface area contributed by atoms with Gasteiger partial charge < -0.3 is 0 Å². The number of thiophene rings is 1. The van der Waals surface area contributed by atoms with Gasteiger partial charge in [0.1, 0.15) is 0 Å². The molecule has 2 aromatic carbocycles. The number of carbonyl (C=O) groups excluding carboxylic acids is 1. The summed E-state index contributed by atoms with van der Waals surface area (Å²) in [5.41, 5.74) is 5.91. The Kier molecular flexibility index (Phi) is 7.06. The van der Waals surface area contributed by atoms with Gasteiger partial charge in [-0.15, -0.1) is 11.3 Å². The predicted octanol–water partition coefficient (Wildman–Crippen LogP) is 4.97. The topological polar surface area (TPSA) is 44.7 Å². The molecule has 0 radical (unpaired) electrons. The molecule has 4 nitrogen and oxygen atoms in total. The number of rotatable bonds is 7. The molecule has 4 rings (SSSR count). The van der Waals surface area contributed by atoms with Gasteiger partial charge in [-0.25, -0.2) is 5.43 Å². The van der Waals surface area contributed by atoms with Crippen LogP contribution in [-0.4, -0.2) is 30.1 Å². The molecule has 0 aliphatic carbocycles. The third-order valence-electron chi connectivity index (χ3n) is 5.60. The maximum atomic E-state index is 12.2. The molecular formula is C25H27N3OS. The smallest absolute Gasteiger partial charge is 0.271 e. The number of carbonyl (C=O) groups is 1. The molecule has 30 heavy (non-hydrogen) atoms. The van der Waals surface area contributed by atoms with Crippen LogP contribution in [0.15, 0.2) is 77.2 Å². The van der Waals surface area contributed by atoms with Crippen molar-refractivity contribution in [1.82, 2.24) is 10.3 Å². The minimum atomic E-state index is -0.184. The molecule has 5 heteroatoms. The molecule has 1 aliphatic heterocycles. The number of hydrogen-bond acceptors (Lipinski definition) is 4. The normalized spacial score (nSPS) is 15.5. The third kappa shape index (κ3) is 5.88. The highest BCUT2D eigenvalue weighted by Gasteiger charge is 2.19. The van der Waals surface area contributed by atoms with E-state index >= 15 is 0 Å². The molecule has 0 spiro atoms. The zero-order valence-corrected chi connectivity index (χ0v) is 17.9. The molecule has 1 fully saturated rings. The summed E-state index contributed by atoms with van der Waals surface area (Å²) in [5.74, 6) is 0.598. The number of piperidine rings is 1. The molecular weight excluding hydrogens is 390 g/mol. The van der Waals surface area contributed by atoms with Gasteiger partial charge >= 0.3 is 0 Å². The van der Waals surface area contributed by atoms with Crippen LogP contribution in [0.1, 0.15) is 39.2 Å². The maximum absolute atomic E-state index is 12.2. The Hall–Kier alpha value is -2.76. The lowest BCUT2D eigenvalue weighted by atomic mass is 9.90. The van der Waals surface area contributed by atoms with Crippen molar-refractivity contribution in [2.75, 3.05) is 13.1 Å². The van der Waals surface area contributed by atoms with Gasteiger partial charge in [-0.1, -0.05) is 48.5 Å². The summed E-state index contributed by atoms with van der Waals surface area (Å²) in [5, 5.41) is 6.00. The molecule has 1 amide bonds. The molecule has 0 unspecified atom stereocenters. The summed E-state index contributed by atoms with van der Waals surface area (Å²) >= 11 is 1.58. The van der Waals surface area contributed by atoms with E-state index in [1.165, 1.54) is 30.4 Å². The molecule has 3 aromatic rings. The molecule has 0 bridgehead atoms. The van der Waals surface area contributed by atoms with Crippen LogP contribution in [0.2, 0.25) is 0 Å². The monoisotopic (exact) mass is 417 g/mol. The standard InChI is InChI=1S/C25H27N3OS/c29-25(27-26-18-24-7-4-16-30-24)23-10-8-22(9-11-23)19-28-14-12-21(13-15-28)17-20-5-2-1-3-6-20/h1-11,16,18,21H,12-15,17,19H2,(H,27,29)/b26-18-. The quantitative estimate of drug-likeness (QED) is 0.436. The van der Waals surface area contributed by atoms with Gasteiger partial charge in [-0.05, 0) is 73.0 Å². The summed E-state index contributed by atoms with van der Waals surface area (Å²) in [6.45, 7) is 3.21. The van der Waals surface area contributed by atoms with Crippen LogP contribution >= 0.6 is 11.3 Å². The first-order valence-corrected chi connectivity index (χ1v) is 11.4. The first-order valence-electron chi connectivity index (χ1n) is 10.5. The third-order valence-corrected chi connectivity index (χ3v) is 6.40. The Morgan fingerprint density at radius 1 is 1.00 bits per heavy atom. The fourth-order valence-corrected chi connectivity index (χ4v) is 4.48. The maximum Gasteiger partial charge on any atom is 0.271 e. The average molecular weight is 418 g/mol. The minimum absolute atomic E-state index is 0.184. The van der Waals surface area contributed by atoms with Crippen LogP contribution in [0.5, 0.6) is 0 Å². The van der Waals surface area contributed by atoms with Gasteiger partial charge in [0.15, 0.2) is 0 Å². The second kappa shape index (κ2) is 10.3. The van der Waals surface area contributed by atoms with Crippen LogP contribution in [0.4, 0.5) is 0 Å². The van der Waals surface area contributed by atoms with E-state index in [1.54, 1.807) is 17.6 Å². The Balaban J connectivity index is 1.22. The lowest BCUT2D eigenvalue weighted by molar-refractivity contribution is 0.0955. The lowest BCUT2D eigenvalue weighted by Crippen LogP contribution is -2.33. The van der Waals surface area contributed by atoms with E-state index in [1.807, 2.05) is 41.8 Å². The summed E-state index contributed by atoms with van der Waals surface area (Å²) in [6, 6.07) is 22.6. The van der Waals surface area contributed by atoms with Crippen molar-refractivity contribution in [2.24, 2.45) is 11.0 Å². The highest BCUT2D eigenvalue weighted by molar-refractivity contribution is 7.11. The van der Waals surface area contributed by atoms with Crippen molar-refractivity contribution in [3.8, 4) is 0 Å². The van der Waals surface area contributed by atoms with Crippen molar-refractivity contribution in [3.63, 3.8) is 0 Å². The molecule has 0 saturated carbocycles. The number of amides is 1. The molecule has 2 heterocycles. The first kappa shape index (κ1) is 20.5. The van der Waals surface area contributed by atoms with Crippen molar-refractivity contribution < 1.29 is 4.79 Å². The van der Waals surface area contributed by atoms with Crippen LogP contribution in [0.3, 0.4) is 0 Å². The largest absolute Gasteiger partial charge is 0.299 e. The SMILES string of the molecule is O=C(N/N=C\c1cccs1)c1ccc(CN2CCC(Cc3ccccc3)CC2)cc1. The number of nitrogens with one attached hydrogen (secondary N) is 1. The molecule has 0 atom stereocenters. The Labute approximate surface area is 182 Å². The van der Waals surface area contributed by atoms with Crippen molar-refractivity contribution >= 4 is 23.5 Å². The van der Waals surface area contributed by atoms with E-state index < -0.39 is 0 Å². The molecule has 1 N–H and O–H groups in total. The van der Waals surface area contributed by atoms with E-state index in [0.29, 0.717) is 5.56 Å². The van der Waals surface area contributed by atoms with E-state index in [2.05, 4.69) is 45.8 Å². The molecule has 1 aliphatic rings. The first-order chi connectivity index (χ1) is 14.8. The van der Waals surface area contributed by atoms with Gasteiger partial charge in [0.05, 0.1) is 6.21 Å². The summed E-state index contributed by atoms with van der Waals surface area (Å²) in [7, 11) is 0. The van der Waals surface area contributed by atoms with Gasteiger partial charge in [0, 0.05) is 17.0 Å². The summed E-state index contributed by atoms with van der Waals surface area (Å²) in [4.78, 5) is 15.8. The van der Waals surface area contributed by atoms with E-state index in [9.17, 15) is 4.79 Å². The highest BCUT2D eigenvalue weighted by Crippen LogP contribution is 2.23. The number of hydrazone groups is 1. The lowest BCUT2D eigenvalue weighted by Gasteiger charge is -2.32. The highest BCUT2D eigenvalue weighted by atomic mass is 32.1. The fraction of sp³-hybridized carbons (Fsp3) is 0.280. The van der Waals surface area contributed by atoms with Crippen molar-refractivity contribution in [3.05, 3.63) is 93.7 Å². The predicted molar refractivity (Wildman–Crippen MR) is 124 cm³/mol. The Morgan fingerprint density at radius 2 is 1.77 bits per heavy atom. The van der Waals surface area contributed by atoms with E-state index in [4.69, 9.17) is 0 Å². The van der Waals surface area contributed by atoms with Crippen LogP contribution in [-0.2, 0) is 13.0 Å². The van der Waals surface area contributed by atoms with E-state index in [0.717, 1.165) is 30.4 Å². The van der Waals surface area contributed by atoms with Crippen molar-refractivity contribution in [1.29, 1.82) is 0 Å². The zero-order chi connectivity index (χ0) is 20.6. The van der Waals surface area contributed by atoms with Crippen LogP contribution < -0.4 is 5.43 Å². The second-order valence-electron chi connectivity index (χ2n) is 7.82. The second-order valence-corrected chi connectivity index (χ2v) is 8.80. The van der Waals surface area contributed by atoms with Gasteiger partial charge in [-0.3, -0.25) is 9.69 Å². The number of hydrogen-bond donors (Lipinski definition) is 1. The summed E-state index contributed by atoms with van der Waals surface area (Å²) < 4.78 is 0. The van der Waals surface area contributed by atoms with Crippen LogP contribution in [0.25, 0.3) is 0 Å². The van der Waals surface area contributed by atoms with Gasteiger partial charge in [-0.2, -0.15) is 5.10 Å². The zero-order valence-electron chi connectivity index (χ0n) is 17.0. The fourth-order valence-electron chi connectivity index (χ4n) is 3.90. The molecule has 154 valence electrons. The van der Waals surface area contributed by atoms with E-state index in [-0.39, 0.29) is 5.91 Å². The molecule has 1 aromatic heterocycles. The number of benzene rings is 2. The molecule has 1 saturated heterocycles. The number of nitrogens with zero attached hydrogens (tertiary/aromatic N) is 2.